The molecule has 0 radical (unpaired) electrons. The molecule has 232 valence electrons. The van der Waals surface area contributed by atoms with Crippen LogP contribution in [0.2, 0.25) is 0 Å². The molecule has 2 rings (SSSR count). The Balaban J connectivity index is 2.05. The van der Waals surface area contributed by atoms with E-state index in [9.17, 15) is 39.0 Å². The molecule has 2 amide bonds. The van der Waals surface area contributed by atoms with Gasteiger partial charge in [0.05, 0.1) is 26.2 Å². The fourth-order valence-corrected chi connectivity index (χ4v) is 4.57. The van der Waals surface area contributed by atoms with Crippen molar-refractivity contribution in [1.29, 1.82) is 0 Å². The average Bonchev–Trinajstić information content (AvgIpc) is 2.89. The van der Waals surface area contributed by atoms with E-state index in [4.69, 9.17) is 5.73 Å². The number of carbonyl (C=O) groups is 6. The number of amides is 2. The van der Waals surface area contributed by atoms with Crippen LogP contribution < -0.4 is 11.1 Å². The van der Waals surface area contributed by atoms with Crippen LogP contribution in [-0.2, 0) is 35.2 Å². The Kier molecular flexibility index (Phi) is 14.7. The predicted octanol–water partition coefficient (Wildman–Crippen LogP) is -1.02. The number of hydrogen-bond acceptors (Lipinski definition) is 10. The van der Waals surface area contributed by atoms with Crippen LogP contribution in [0.5, 0.6) is 0 Å². The van der Waals surface area contributed by atoms with Crippen molar-refractivity contribution < 1.29 is 39.0 Å². The molecule has 1 fully saturated rings. The molecule has 14 nitrogen and oxygen atoms in total. The summed E-state index contributed by atoms with van der Waals surface area (Å²) in [6, 6.07) is 6.88. The maximum Gasteiger partial charge on any atom is 0.317 e. The lowest BCUT2D eigenvalue weighted by Crippen LogP contribution is -2.49. The highest BCUT2D eigenvalue weighted by molar-refractivity contribution is 5.93. The van der Waals surface area contributed by atoms with Crippen LogP contribution in [0.25, 0.3) is 0 Å². The van der Waals surface area contributed by atoms with Gasteiger partial charge in [-0.05, 0) is 24.6 Å². The van der Waals surface area contributed by atoms with Crippen LogP contribution in [0.3, 0.4) is 0 Å². The molecule has 0 bridgehead atoms. The number of carbonyl (C=O) groups excluding carboxylic acids is 4. The number of aliphatic carboxylic acids is 2. The average molecular weight is 591 g/mol. The summed E-state index contributed by atoms with van der Waals surface area (Å²) in [5.74, 6) is -2.89. The zero-order valence-electron chi connectivity index (χ0n) is 24.1. The van der Waals surface area contributed by atoms with Gasteiger partial charge >= 0.3 is 11.9 Å². The molecule has 0 saturated carbocycles. The summed E-state index contributed by atoms with van der Waals surface area (Å²) < 4.78 is 0. The summed E-state index contributed by atoms with van der Waals surface area (Å²) in [6.45, 7) is 4.09. The molecule has 14 heteroatoms. The van der Waals surface area contributed by atoms with E-state index in [0.29, 0.717) is 58.0 Å². The van der Waals surface area contributed by atoms with Crippen LogP contribution in [0.1, 0.15) is 25.3 Å². The minimum Gasteiger partial charge on any atom is -0.480 e. The number of benzene rings is 1. The Hall–Kier alpha value is -3.72. The quantitative estimate of drug-likeness (QED) is 0.206. The number of nitrogens with two attached hydrogens (primary N) is 1. The Morgan fingerprint density at radius 2 is 1.12 bits per heavy atom. The van der Waals surface area contributed by atoms with Crippen LogP contribution in [0.15, 0.2) is 24.3 Å². The van der Waals surface area contributed by atoms with Crippen molar-refractivity contribution in [3.63, 3.8) is 0 Å². The number of nitrogens with zero attached hydrogens (tertiary/aromatic N) is 4. The molecule has 1 aromatic rings. The van der Waals surface area contributed by atoms with Gasteiger partial charge in [0, 0.05) is 77.3 Å². The first-order valence-electron chi connectivity index (χ1n) is 13.9. The third-order valence-corrected chi connectivity index (χ3v) is 6.77. The lowest BCUT2D eigenvalue weighted by atomic mass is 10.1. The molecule has 0 unspecified atom stereocenters. The highest BCUT2D eigenvalue weighted by atomic mass is 16.4. The minimum absolute atomic E-state index is 0.0182. The molecule has 1 aliphatic heterocycles. The minimum atomic E-state index is -0.989. The maximum atomic E-state index is 13.0. The van der Waals surface area contributed by atoms with Crippen molar-refractivity contribution in [2.45, 2.75) is 26.2 Å². The molecule has 0 aromatic heterocycles. The van der Waals surface area contributed by atoms with Crippen molar-refractivity contribution in [2.24, 2.45) is 5.73 Å². The fraction of sp³-hybridized carbons (Fsp3) is 0.571. The summed E-state index contributed by atoms with van der Waals surface area (Å²) in [4.78, 5) is 77.7. The van der Waals surface area contributed by atoms with E-state index in [0.717, 1.165) is 5.56 Å². The summed E-state index contributed by atoms with van der Waals surface area (Å²) >= 11 is 0. The van der Waals surface area contributed by atoms with Crippen LogP contribution in [-0.4, -0.2) is 144 Å². The first-order valence-corrected chi connectivity index (χ1v) is 13.9. The van der Waals surface area contributed by atoms with E-state index < -0.39 is 17.8 Å². The monoisotopic (exact) mass is 590 g/mol. The van der Waals surface area contributed by atoms with Crippen LogP contribution in [0.4, 0.5) is 5.69 Å². The third kappa shape index (κ3) is 14.8. The molecule has 0 spiro atoms. The second-order valence-electron chi connectivity index (χ2n) is 10.5. The van der Waals surface area contributed by atoms with Gasteiger partial charge in [-0.1, -0.05) is 12.1 Å². The zero-order valence-corrected chi connectivity index (χ0v) is 24.1. The Morgan fingerprint density at radius 3 is 1.52 bits per heavy atom. The number of rotatable bonds is 14. The molecule has 0 aliphatic carbocycles. The Labute approximate surface area is 245 Å². The lowest BCUT2D eigenvalue weighted by molar-refractivity contribution is -0.139. The normalized spacial score (nSPS) is 16.6. The fourth-order valence-electron chi connectivity index (χ4n) is 4.57. The van der Waals surface area contributed by atoms with Gasteiger partial charge in [0.25, 0.3) is 0 Å². The molecule has 1 aliphatic rings. The summed E-state index contributed by atoms with van der Waals surface area (Å²) in [5, 5.41) is 21.5. The molecular formula is C28H42N6O8. The summed E-state index contributed by atoms with van der Waals surface area (Å²) in [6.07, 6.45) is 0.421. The van der Waals surface area contributed by atoms with Crippen molar-refractivity contribution in [2.75, 3.05) is 83.9 Å². The number of carboxylic acid groups (broad SMARTS) is 2. The molecule has 0 atom stereocenters. The lowest BCUT2D eigenvalue weighted by Gasteiger charge is -2.33. The van der Waals surface area contributed by atoms with Crippen molar-refractivity contribution in [1.82, 2.24) is 19.6 Å². The molecule has 5 N–H and O–H groups in total. The van der Waals surface area contributed by atoms with Gasteiger partial charge in [-0.3, -0.25) is 43.6 Å². The molecular weight excluding hydrogens is 548 g/mol. The predicted molar refractivity (Wildman–Crippen MR) is 154 cm³/mol. The van der Waals surface area contributed by atoms with Crippen molar-refractivity contribution in [3.8, 4) is 0 Å². The number of carboxylic acids is 2. The summed E-state index contributed by atoms with van der Waals surface area (Å²) in [5.41, 5.74) is 6.69. The van der Waals surface area contributed by atoms with E-state index in [1.54, 1.807) is 39.0 Å². The molecule has 1 saturated heterocycles. The maximum absolute atomic E-state index is 13.0. The molecule has 1 heterocycles. The molecule has 42 heavy (non-hydrogen) atoms. The van der Waals surface area contributed by atoms with E-state index in [-0.39, 0.29) is 62.9 Å². The third-order valence-electron chi connectivity index (χ3n) is 6.77. The zero-order chi connectivity index (χ0) is 31.1. The van der Waals surface area contributed by atoms with Gasteiger partial charge in [0.1, 0.15) is 5.78 Å². The van der Waals surface area contributed by atoms with Gasteiger partial charge in [-0.25, -0.2) is 0 Å². The van der Waals surface area contributed by atoms with E-state index in [1.807, 2.05) is 4.90 Å². The van der Waals surface area contributed by atoms with Crippen molar-refractivity contribution in [3.05, 3.63) is 29.8 Å². The van der Waals surface area contributed by atoms with Crippen LogP contribution >= 0.6 is 0 Å². The highest BCUT2D eigenvalue weighted by Gasteiger charge is 2.21. The molecule has 1 aromatic carbocycles. The highest BCUT2D eigenvalue weighted by Crippen LogP contribution is 2.12. The Morgan fingerprint density at radius 1 is 0.690 bits per heavy atom. The Bertz CT molecular complexity index is 1060. The number of hydrogen-bond donors (Lipinski definition) is 4. The SMILES string of the molecule is CC(=O)CCC(=O)Nc1ccc(CC(=O)CN2CCN(CC(=O)O)CCN(CC(N)=O)CCN(CC(=O)O)CC2)cc1. The first kappa shape index (κ1) is 34.5. The van der Waals surface area contributed by atoms with Gasteiger partial charge in [-0.2, -0.15) is 0 Å². The van der Waals surface area contributed by atoms with Gasteiger partial charge in [0.15, 0.2) is 5.78 Å². The van der Waals surface area contributed by atoms with Gasteiger partial charge < -0.3 is 26.1 Å². The van der Waals surface area contributed by atoms with E-state index in [2.05, 4.69) is 5.32 Å². The standard InChI is InChI=1S/C28H42N6O8/c1-21(35)2-7-26(38)30-23-5-3-22(4-6-23)16-24(36)17-31-8-12-33(19-27(39)40)14-10-32(18-25(29)37)11-15-34(13-9-31)20-28(41)42/h3-6H,2,7-20H2,1H3,(H2,29,37)(H,30,38)(H,39,40)(H,41,42). The number of primary amides is 1. The van der Waals surface area contributed by atoms with Gasteiger partial charge in [0.2, 0.25) is 11.8 Å². The topological polar surface area (TPSA) is 194 Å². The second kappa shape index (κ2) is 18.0. The van der Waals surface area contributed by atoms with Crippen molar-refractivity contribution >= 4 is 41.0 Å². The smallest absolute Gasteiger partial charge is 0.317 e. The second-order valence-corrected chi connectivity index (χ2v) is 10.5. The van der Waals surface area contributed by atoms with Gasteiger partial charge in [-0.15, -0.1) is 0 Å². The summed E-state index contributed by atoms with van der Waals surface area (Å²) in [7, 11) is 0. The first-order chi connectivity index (χ1) is 19.9. The van der Waals surface area contributed by atoms with E-state index >= 15 is 0 Å². The van der Waals surface area contributed by atoms with Crippen LogP contribution in [0, 0.1) is 0 Å². The number of ketones is 2. The largest absolute Gasteiger partial charge is 0.480 e. The van der Waals surface area contributed by atoms with E-state index in [1.165, 1.54) is 6.92 Å². The number of Topliss-reactive ketones (excluding diaryl/α,β-unsaturated/α-hetero) is 2. The number of nitrogens with one attached hydrogen (secondary N) is 1. The number of anilines is 1.